The van der Waals surface area contributed by atoms with Crippen molar-refractivity contribution in [2.45, 2.75) is 32.2 Å². The maximum absolute atomic E-state index is 4.40. The van der Waals surface area contributed by atoms with Crippen LogP contribution in [0.1, 0.15) is 26.2 Å². The number of anilines is 2. The first-order valence-electron chi connectivity index (χ1n) is 5.32. The van der Waals surface area contributed by atoms with Crippen molar-refractivity contribution in [1.82, 2.24) is 9.97 Å². The first-order valence-corrected chi connectivity index (χ1v) is 6.12. The molecule has 82 valence electrons. The van der Waals surface area contributed by atoms with Crippen LogP contribution in [0.3, 0.4) is 0 Å². The number of rotatable bonds is 4. The Balaban J connectivity index is 2.08. The minimum Gasteiger partial charge on any atom is -0.366 e. The van der Waals surface area contributed by atoms with Crippen molar-refractivity contribution in [3.8, 4) is 0 Å². The van der Waals surface area contributed by atoms with Crippen molar-refractivity contribution in [1.29, 1.82) is 0 Å². The Morgan fingerprint density at radius 2 is 2.33 bits per heavy atom. The van der Waals surface area contributed by atoms with Gasteiger partial charge in [-0.3, -0.25) is 0 Å². The fourth-order valence-electron chi connectivity index (χ4n) is 1.46. The van der Waals surface area contributed by atoms with E-state index in [0.29, 0.717) is 12.0 Å². The first-order chi connectivity index (χ1) is 7.29. The highest BCUT2D eigenvalue weighted by Crippen LogP contribution is 2.26. The molecule has 0 atom stereocenters. The zero-order chi connectivity index (χ0) is 10.7. The lowest BCUT2D eigenvalue weighted by molar-refractivity contribution is 0.444. The van der Waals surface area contributed by atoms with Crippen LogP contribution in [0, 0.1) is 0 Å². The molecule has 0 unspecified atom stereocenters. The Morgan fingerprint density at radius 1 is 1.53 bits per heavy atom. The van der Waals surface area contributed by atoms with E-state index in [1.807, 2.05) is 6.92 Å². The number of nitrogens with one attached hydrogen (secondary N) is 2. The third-order valence-corrected chi connectivity index (χ3v) is 3.11. The molecule has 0 radical (unpaired) electrons. The molecule has 1 fully saturated rings. The quantitative estimate of drug-likeness (QED) is 0.883. The highest BCUT2D eigenvalue weighted by Gasteiger charge is 2.18. The van der Waals surface area contributed by atoms with Gasteiger partial charge in [-0.15, -0.1) is 0 Å². The fourth-order valence-corrected chi connectivity index (χ4v) is 1.76. The summed E-state index contributed by atoms with van der Waals surface area (Å²) in [4.78, 5) is 8.57. The molecule has 0 amide bonds. The molecule has 15 heavy (non-hydrogen) atoms. The summed E-state index contributed by atoms with van der Waals surface area (Å²) < 4.78 is 0.927. The smallest absolute Gasteiger partial charge is 0.224 e. The molecule has 0 bridgehead atoms. The summed E-state index contributed by atoms with van der Waals surface area (Å²) in [7, 11) is 0. The summed E-state index contributed by atoms with van der Waals surface area (Å²) in [5.74, 6) is 1.58. The minimum atomic E-state index is 0.589. The van der Waals surface area contributed by atoms with E-state index in [-0.39, 0.29) is 0 Å². The molecule has 1 aliphatic rings. The van der Waals surface area contributed by atoms with Gasteiger partial charge in [-0.25, -0.2) is 4.98 Å². The van der Waals surface area contributed by atoms with Gasteiger partial charge >= 0.3 is 0 Å². The van der Waals surface area contributed by atoms with E-state index in [0.717, 1.165) is 16.8 Å². The Hall–Kier alpha value is -0.840. The van der Waals surface area contributed by atoms with Gasteiger partial charge in [0.05, 0.1) is 4.47 Å². The average molecular weight is 271 g/mol. The topological polar surface area (TPSA) is 49.8 Å². The Labute approximate surface area is 98.0 Å². The third kappa shape index (κ3) is 2.59. The summed E-state index contributed by atoms with van der Waals surface area (Å²) in [6.07, 6.45) is 5.59. The number of hydrogen-bond donors (Lipinski definition) is 2. The van der Waals surface area contributed by atoms with E-state index < -0.39 is 0 Å². The van der Waals surface area contributed by atoms with Gasteiger partial charge in [-0.2, -0.15) is 4.98 Å². The van der Waals surface area contributed by atoms with Crippen molar-refractivity contribution in [3.05, 3.63) is 10.7 Å². The van der Waals surface area contributed by atoms with E-state index in [2.05, 4.69) is 36.5 Å². The predicted molar refractivity (Wildman–Crippen MR) is 65.2 cm³/mol. The van der Waals surface area contributed by atoms with Gasteiger partial charge in [0.15, 0.2) is 0 Å². The highest BCUT2D eigenvalue weighted by molar-refractivity contribution is 9.10. The van der Waals surface area contributed by atoms with Crippen LogP contribution in [0.15, 0.2) is 10.7 Å². The number of nitrogens with zero attached hydrogens (tertiary/aromatic N) is 2. The van der Waals surface area contributed by atoms with Crippen LogP contribution in [-0.2, 0) is 0 Å². The molecule has 2 rings (SSSR count). The first kappa shape index (κ1) is 10.7. The predicted octanol–water partition coefficient (Wildman–Crippen LogP) is 2.64. The summed E-state index contributed by atoms with van der Waals surface area (Å²) in [5.41, 5.74) is 0. The second-order valence-electron chi connectivity index (χ2n) is 3.69. The fraction of sp³-hybridized carbons (Fsp3) is 0.600. The van der Waals surface area contributed by atoms with Crippen molar-refractivity contribution >= 4 is 27.7 Å². The van der Waals surface area contributed by atoms with Crippen LogP contribution >= 0.6 is 15.9 Å². The number of aromatic nitrogens is 2. The standard InChI is InChI=1S/C10H15BrN4/c1-2-12-10-13-6-8(11)9(15-10)14-7-4-3-5-7/h6-7H,2-5H2,1H3,(H2,12,13,14,15). The molecule has 0 spiro atoms. The third-order valence-electron chi connectivity index (χ3n) is 2.53. The number of hydrogen-bond acceptors (Lipinski definition) is 4. The van der Waals surface area contributed by atoms with Crippen molar-refractivity contribution in [2.24, 2.45) is 0 Å². The molecule has 1 aromatic heterocycles. The molecular formula is C10H15BrN4. The van der Waals surface area contributed by atoms with Gasteiger partial charge in [-0.1, -0.05) is 0 Å². The normalized spacial score (nSPS) is 15.9. The molecule has 4 nitrogen and oxygen atoms in total. The van der Waals surface area contributed by atoms with Gasteiger partial charge < -0.3 is 10.6 Å². The minimum absolute atomic E-state index is 0.589. The summed E-state index contributed by atoms with van der Waals surface area (Å²) in [6.45, 7) is 2.87. The zero-order valence-corrected chi connectivity index (χ0v) is 10.3. The van der Waals surface area contributed by atoms with Gasteiger partial charge in [0.25, 0.3) is 0 Å². The van der Waals surface area contributed by atoms with E-state index in [9.17, 15) is 0 Å². The van der Waals surface area contributed by atoms with Gasteiger partial charge in [0.2, 0.25) is 5.95 Å². The van der Waals surface area contributed by atoms with Crippen LogP contribution in [-0.4, -0.2) is 22.6 Å². The summed E-state index contributed by atoms with van der Waals surface area (Å²) >= 11 is 3.45. The second kappa shape index (κ2) is 4.79. The molecule has 0 aromatic carbocycles. The highest BCUT2D eigenvalue weighted by atomic mass is 79.9. The molecule has 1 aliphatic carbocycles. The van der Waals surface area contributed by atoms with Crippen LogP contribution in [0.25, 0.3) is 0 Å². The Kier molecular flexibility index (Phi) is 3.41. The summed E-state index contributed by atoms with van der Waals surface area (Å²) in [5, 5.41) is 6.51. The Morgan fingerprint density at radius 3 is 2.93 bits per heavy atom. The molecule has 0 saturated heterocycles. The molecule has 1 saturated carbocycles. The molecule has 2 N–H and O–H groups in total. The lowest BCUT2D eigenvalue weighted by Crippen LogP contribution is -2.27. The zero-order valence-electron chi connectivity index (χ0n) is 8.76. The van der Waals surface area contributed by atoms with E-state index in [4.69, 9.17) is 0 Å². The number of halogens is 1. The average Bonchev–Trinajstić information content (AvgIpc) is 2.16. The maximum Gasteiger partial charge on any atom is 0.224 e. The van der Waals surface area contributed by atoms with Crippen LogP contribution < -0.4 is 10.6 Å². The van der Waals surface area contributed by atoms with Crippen molar-refractivity contribution in [2.75, 3.05) is 17.2 Å². The van der Waals surface area contributed by atoms with Gasteiger partial charge in [0.1, 0.15) is 5.82 Å². The van der Waals surface area contributed by atoms with Crippen LogP contribution in [0.4, 0.5) is 11.8 Å². The molecule has 0 aliphatic heterocycles. The Bertz CT molecular complexity index is 338. The summed E-state index contributed by atoms with van der Waals surface area (Å²) in [6, 6.07) is 0.589. The molecule has 5 heteroatoms. The largest absolute Gasteiger partial charge is 0.366 e. The van der Waals surface area contributed by atoms with Gasteiger partial charge in [0, 0.05) is 18.8 Å². The van der Waals surface area contributed by atoms with Crippen LogP contribution in [0.5, 0.6) is 0 Å². The van der Waals surface area contributed by atoms with E-state index in [1.54, 1.807) is 6.20 Å². The van der Waals surface area contributed by atoms with E-state index >= 15 is 0 Å². The second-order valence-corrected chi connectivity index (χ2v) is 4.55. The SMILES string of the molecule is CCNc1ncc(Br)c(NC2CCC2)n1. The molecule has 1 heterocycles. The molecular weight excluding hydrogens is 256 g/mol. The molecule has 1 aromatic rings. The van der Waals surface area contributed by atoms with E-state index in [1.165, 1.54) is 19.3 Å². The van der Waals surface area contributed by atoms with Crippen molar-refractivity contribution in [3.63, 3.8) is 0 Å². The van der Waals surface area contributed by atoms with Crippen molar-refractivity contribution < 1.29 is 0 Å². The van der Waals surface area contributed by atoms with Crippen LogP contribution in [0.2, 0.25) is 0 Å². The lowest BCUT2D eigenvalue weighted by atomic mass is 9.93. The van der Waals surface area contributed by atoms with Gasteiger partial charge in [-0.05, 0) is 42.1 Å². The maximum atomic E-state index is 4.40. The monoisotopic (exact) mass is 270 g/mol. The lowest BCUT2D eigenvalue weighted by Gasteiger charge is -2.27.